The van der Waals surface area contributed by atoms with Gasteiger partial charge >= 0.3 is 0 Å². The second kappa shape index (κ2) is 3.08. The fourth-order valence-electron chi connectivity index (χ4n) is 1.81. The predicted molar refractivity (Wildman–Crippen MR) is 51.5 cm³/mol. The van der Waals surface area contributed by atoms with E-state index in [2.05, 4.69) is 17.2 Å². The van der Waals surface area contributed by atoms with Gasteiger partial charge in [0.05, 0.1) is 5.84 Å². The summed E-state index contributed by atoms with van der Waals surface area (Å²) < 4.78 is 0. The van der Waals surface area contributed by atoms with Gasteiger partial charge in [-0.1, -0.05) is 6.92 Å². The van der Waals surface area contributed by atoms with Crippen molar-refractivity contribution in [3.63, 3.8) is 0 Å². The molecule has 68 valence electrons. The zero-order chi connectivity index (χ0) is 8.44. The molecule has 0 amide bonds. The summed E-state index contributed by atoms with van der Waals surface area (Å²) in [4.78, 5) is 4.41. The number of nitrogens with zero attached hydrogens (tertiary/aromatic N) is 1. The van der Waals surface area contributed by atoms with E-state index in [0.717, 1.165) is 6.54 Å². The van der Waals surface area contributed by atoms with Crippen molar-refractivity contribution in [2.75, 3.05) is 13.1 Å². The zero-order valence-corrected chi connectivity index (χ0v) is 7.90. The maximum absolute atomic E-state index is 4.41. The predicted octanol–water partition coefficient (Wildman–Crippen LogP) is 1.96. The number of amidine groups is 1. The van der Waals surface area contributed by atoms with Crippen molar-refractivity contribution in [1.29, 1.82) is 0 Å². The number of nitrogens with one attached hydrogen (secondary N) is 1. The van der Waals surface area contributed by atoms with Crippen molar-refractivity contribution in [3.05, 3.63) is 0 Å². The van der Waals surface area contributed by atoms with Crippen molar-refractivity contribution in [2.45, 2.75) is 39.0 Å². The monoisotopic (exact) mass is 166 g/mol. The highest BCUT2D eigenvalue weighted by molar-refractivity contribution is 5.83. The van der Waals surface area contributed by atoms with E-state index in [4.69, 9.17) is 0 Å². The van der Waals surface area contributed by atoms with E-state index in [9.17, 15) is 0 Å². The number of hydrogen-bond acceptors (Lipinski definition) is 2. The van der Waals surface area contributed by atoms with Crippen LogP contribution in [0.2, 0.25) is 0 Å². The van der Waals surface area contributed by atoms with Gasteiger partial charge in [-0.2, -0.15) is 0 Å². The zero-order valence-electron chi connectivity index (χ0n) is 7.90. The van der Waals surface area contributed by atoms with Crippen LogP contribution in [0.25, 0.3) is 0 Å². The van der Waals surface area contributed by atoms with Crippen molar-refractivity contribution in [2.24, 2.45) is 10.4 Å². The van der Waals surface area contributed by atoms with Crippen molar-refractivity contribution >= 4 is 5.84 Å². The van der Waals surface area contributed by atoms with Gasteiger partial charge in [-0.05, 0) is 31.1 Å². The Hall–Kier alpha value is -0.530. The Morgan fingerprint density at radius 2 is 2.33 bits per heavy atom. The Kier molecular flexibility index (Phi) is 2.07. The van der Waals surface area contributed by atoms with E-state index in [-0.39, 0.29) is 0 Å². The van der Waals surface area contributed by atoms with Crippen LogP contribution in [0, 0.1) is 5.41 Å². The third kappa shape index (κ3) is 1.62. The first-order chi connectivity index (χ1) is 5.85. The van der Waals surface area contributed by atoms with Gasteiger partial charge in [-0.3, -0.25) is 4.99 Å². The average Bonchev–Trinajstić information content (AvgIpc) is 2.70. The summed E-state index contributed by atoms with van der Waals surface area (Å²) in [6, 6.07) is 0. The molecule has 1 heterocycles. The summed E-state index contributed by atoms with van der Waals surface area (Å²) in [5, 5.41) is 3.49. The molecule has 1 fully saturated rings. The molecule has 1 N–H and O–H groups in total. The second-order valence-electron chi connectivity index (χ2n) is 4.14. The van der Waals surface area contributed by atoms with Gasteiger partial charge in [0, 0.05) is 19.5 Å². The summed E-state index contributed by atoms with van der Waals surface area (Å²) in [6.45, 7) is 4.51. The molecule has 0 aromatic rings. The van der Waals surface area contributed by atoms with Crippen molar-refractivity contribution in [3.8, 4) is 0 Å². The smallest absolute Gasteiger partial charge is 0.0963 e. The van der Waals surface area contributed by atoms with Gasteiger partial charge in [-0.15, -0.1) is 0 Å². The van der Waals surface area contributed by atoms with E-state index in [1.807, 2.05) is 0 Å². The molecule has 12 heavy (non-hydrogen) atoms. The lowest BCUT2D eigenvalue weighted by molar-refractivity contribution is 0.481. The van der Waals surface area contributed by atoms with Gasteiger partial charge in [0.25, 0.3) is 0 Å². The maximum atomic E-state index is 4.41. The Morgan fingerprint density at radius 3 is 2.83 bits per heavy atom. The Labute approximate surface area is 74.5 Å². The molecule has 2 rings (SSSR count). The van der Waals surface area contributed by atoms with Crippen LogP contribution in [0.3, 0.4) is 0 Å². The first-order valence-electron chi connectivity index (χ1n) is 5.12. The highest BCUT2D eigenvalue weighted by atomic mass is 15.0. The van der Waals surface area contributed by atoms with Crippen LogP contribution in [-0.4, -0.2) is 18.9 Å². The molecule has 1 saturated carbocycles. The first-order valence-corrected chi connectivity index (χ1v) is 5.12. The van der Waals surface area contributed by atoms with Crippen LogP contribution in [0.15, 0.2) is 4.99 Å². The molecule has 0 saturated heterocycles. The minimum absolute atomic E-state index is 0.658. The highest BCUT2D eigenvalue weighted by Gasteiger charge is 2.40. The summed E-state index contributed by atoms with van der Waals surface area (Å²) in [6.07, 6.45) is 6.60. The van der Waals surface area contributed by atoms with Crippen LogP contribution in [0.4, 0.5) is 0 Å². The first kappa shape index (κ1) is 8.09. The summed E-state index contributed by atoms with van der Waals surface area (Å²) >= 11 is 0. The van der Waals surface area contributed by atoms with Crippen LogP contribution >= 0.6 is 0 Å². The Bertz CT molecular complexity index is 192. The topological polar surface area (TPSA) is 24.4 Å². The molecule has 0 radical (unpaired) electrons. The van der Waals surface area contributed by atoms with Crippen LogP contribution in [-0.2, 0) is 0 Å². The van der Waals surface area contributed by atoms with Crippen LogP contribution in [0.5, 0.6) is 0 Å². The number of hydrogen-bond donors (Lipinski definition) is 1. The molecule has 1 aliphatic heterocycles. The van der Waals surface area contributed by atoms with Crippen LogP contribution < -0.4 is 5.32 Å². The highest BCUT2D eigenvalue weighted by Crippen LogP contribution is 2.47. The minimum Gasteiger partial charge on any atom is -0.373 e. The molecule has 2 aliphatic rings. The molecule has 0 aromatic heterocycles. The second-order valence-corrected chi connectivity index (χ2v) is 4.14. The molecule has 0 atom stereocenters. The normalized spacial score (nSPS) is 25.2. The Balaban J connectivity index is 1.74. The standard InChI is InChI=1S/C10H18N2/c1-2-10(5-6-10)8-12-9-4-3-7-11-9/h2-8H2,1H3,(H,11,12). The van der Waals surface area contributed by atoms with E-state index in [0.29, 0.717) is 5.41 Å². The largest absolute Gasteiger partial charge is 0.373 e. The van der Waals surface area contributed by atoms with E-state index in [1.54, 1.807) is 0 Å². The summed E-state index contributed by atoms with van der Waals surface area (Å²) in [5.74, 6) is 1.26. The molecule has 2 nitrogen and oxygen atoms in total. The lowest BCUT2D eigenvalue weighted by Crippen LogP contribution is -2.28. The summed E-state index contributed by atoms with van der Waals surface area (Å²) in [5.41, 5.74) is 0.658. The molecule has 0 bridgehead atoms. The maximum Gasteiger partial charge on any atom is 0.0963 e. The quantitative estimate of drug-likeness (QED) is 0.681. The Morgan fingerprint density at radius 1 is 1.50 bits per heavy atom. The molecule has 0 spiro atoms. The molecule has 1 aliphatic carbocycles. The van der Waals surface area contributed by atoms with Gasteiger partial charge < -0.3 is 5.32 Å². The van der Waals surface area contributed by atoms with Crippen LogP contribution in [0.1, 0.15) is 39.0 Å². The van der Waals surface area contributed by atoms with E-state index < -0.39 is 0 Å². The number of rotatable bonds is 3. The average molecular weight is 166 g/mol. The lowest BCUT2D eigenvalue weighted by atomic mass is 10.0. The fourth-order valence-corrected chi connectivity index (χ4v) is 1.81. The molecular formula is C10H18N2. The summed E-state index contributed by atoms with van der Waals surface area (Å²) in [7, 11) is 0. The number of aliphatic imine (C=N–C) groups is 1. The van der Waals surface area contributed by atoms with Gasteiger partial charge in [-0.25, -0.2) is 0 Å². The lowest BCUT2D eigenvalue weighted by Gasteiger charge is -2.13. The third-order valence-corrected chi connectivity index (χ3v) is 3.25. The molecule has 0 unspecified atom stereocenters. The van der Waals surface area contributed by atoms with Gasteiger partial charge in [0.15, 0.2) is 0 Å². The molecular weight excluding hydrogens is 148 g/mol. The fraction of sp³-hybridized carbons (Fsp3) is 0.900. The van der Waals surface area contributed by atoms with Crippen molar-refractivity contribution in [1.82, 2.24) is 5.32 Å². The van der Waals surface area contributed by atoms with Gasteiger partial charge in [0.2, 0.25) is 0 Å². The van der Waals surface area contributed by atoms with E-state index >= 15 is 0 Å². The van der Waals surface area contributed by atoms with E-state index in [1.165, 1.54) is 44.5 Å². The van der Waals surface area contributed by atoms with Gasteiger partial charge in [0.1, 0.15) is 0 Å². The SMILES string of the molecule is CCC1(CNC2=NCCC2)CC1. The molecule has 2 heteroatoms. The van der Waals surface area contributed by atoms with Crippen molar-refractivity contribution < 1.29 is 0 Å². The molecule has 0 aromatic carbocycles. The third-order valence-electron chi connectivity index (χ3n) is 3.25. The minimum atomic E-state index is 0.658.